The maximum Gasteiger partial charge on any atom is 0.240 e. The minimum absolute atomic E-state index is 0.0284. The lowest BCUT2D eigenvalue weighted by molar-refractivity contribution is 0.565. The predicted molar refractivity (Wildman–Crippen MR) is 70.1 cm³/mol. The van der Waals surface area contributed by atoms with Crippen molar-refractivity contribution in [3.05, 3.63) is 28.8 Å². The first-order chi connectivity index (χ1) is 9.03. The zero-order chi connectivity index (χ0) is 13.6. The standard InChI is InChI=1S/C12H12ClN3O2S/c13-11-3-8(2-1-7(11)4-14)19(17,18)16-12-9-5-15-6-10(9)12/h1-3,9-10,12,15-16H,5-6H2. The van der Waals surface area contributed by atoms with Crippen LogP contribution in [-0.4, -0.2) is 27.5 Å². The quantitative estimate of drug-likeness (QED) is 0.861. The zero-order valence-corrected chi connectivity index (χ0v) is 11.5. The lowest BCUT2D eigenvalue weighted by Crippen LogP contribution is -2.32. The maximum atomic E-state index is 12.2. The van der Waals surface area contributed by atoms with Crippen molar-refractivity contribution in [3.63, 3.8) is 0 Å². The van der Waals surface area contributed by atoms with Crippen molar-refractivity contribution in [2.24, 2.45) is 11.8 Å². The van der Waals surface area contributed by atoms with Crippen LogP contribution >= 0.6 is 11.6 Å². The van der Waals surface area contributed by atoms with Crippen LogP contribution in [0.25, 0.3) is 0 Å². The maximum absolute atomic E-state index is 12.2. The summed E-state index contributed by atoms with van der Waals surface area (Å²) in [5.74, 6) is 0.812. The van der Waals surface area contributed by atoms with Crippen LogP contribution in [0.4, 0.5) is 0 Å². The van der Waals surface area contributed by atoms with E-state index in [4.69, 9.17) is 16.9 Å². The molecule has 1 saturated carbocycles. The van der Waals surface area contributed by atoms with Gasteiger partial charge in [-0.2, -0.15) is 5.26 Å². The van der Waals surface area contributed by atoms with Gasteiger partial charge in [0.15, 0.2) is 0 Å². The van der Waals surface area contributed by atoms with E-state index in [1.807, 2.05) is 6.07 Å². The molecule has 2 aliphatic rings. The molecule has 3 rings (SSSR count). The van der Waals surface area contributed by atoms with E-state index in [9.17, 15) is 8.42 Å². The Kier molecular flexibility index (Phi) is 3.02. The normalized spacial score (nSPS) is 28.7. The van der Waals surface area contributed by atoms with Crippen LogP contribution < -0.4 is 10.0 Å². The second kappa shape index (κ2) is 4.46. The second-order valence-electron chi connectivity index (χ2n) is 4.89. The van der Waals surface area contributed by atoms with Crippen LogP contribution in [0.2, 0.25) is 5.02 Å². The fraction of sp³-hybridized carbons (Fsp3) is 0.417. The monoisotopic (exact) mass is 297 g/mol. The van der Waals surface area contributed by atoms with Gasteiger partial charge in [0.05, 0.1) is 15.5 Å². The van der Waals surface area contributed by atoms with E-state index in [0.717, 1.165) is 13.1 Å². The summed E-state index contributed by atoms with van der Waals surface area (Å²) < 4.78 is 27.1. The highest BCUT2D eigenvalue weighted by Gasteiger charge is 2.54. The molecule has 7 heteroatoms. The van der Waals surface area contributed by atoms with Crippen LogP contribution in [0.1, 0.15) is 5.56 Å². The molecule has 0 radical (unpaired) electrons. The highest BCUT2D eigenvalue weighted by molar-refractivity contribution is 7.89. The minimum atomic E-state index is -3.56. The molecule has 5 nitrogen and oxygen atoms in total. The number of rotatable bonds is 3. The summed E-state index contributed by atoms with van der Waals surface area (Å²) in [5, 5.41) is 12.1. The van der Waals surface area contributed by atoms with E-state index in [1.54, 1.807) is 0 Å². The Morgan fingerprint density at radius 2 is 2.05 bits per heavy atom. The topological polar surface area (TPSA) is 82.0 Å². The van der Waals surface area contributed by atoms with Gasteiger partial charge in [-0.25, -0.2) is 13.1 Å². The fourth-order valence-electron chi connectivity index (χ4n) is 2.59. The van der Waals surface area contributed by atoms with Crippen molar-refractivity contribution in [2.45, 2.75) is 10.9 Å². The number of hydrogen-bond acceptors (Lipinski definition) is 4. The Hall–Kier alpha value is -1.13. The van der Waals surface area contributed by atoms with Crippen LogP contribution in [0.15, 0.2) is 23.1 Å². The third kappa shape index (κ3) is 2.23. The first kappa shape index (κ1) is 12.9. The number of hydrogen-bond donors (Lipinski definition) is 2. The van der Waals surface area contributed by atoms with Gasteiger partial charge in [-0.1, -0.05) is 11.6 Å². The summed E-state index contributed by atoms with van der Waals surface area (Å²) in [5.41, 5.74) is 0.271. The number of sulfonamides is 1. The molecule has 2 atom stereocenters. The molecule has 1 saturated heterocycles. The number of piperidine rings is 1. The SMILES string of the molecule is N#Cc1ccc(S(=O)(=O)NC2C3CNCC32)cc1Cl. The van der Waals surface area contributed by atoms with Crippen molar-refractivity contribution in [1.82, 2.24) is 10.0 Å². The Balaban J connectivity index is 1.81. The molecule has 100 valence electrons. The van der Waals surface area contributed by atoms with Gasteiger partial charge in [-0.3, -0.25) is 0 Å². The van der Waals surface area contributed by atoms with Gasteiger partial charge in [0.2, 0.25) is 10.0 Å². The number of fused-ring (bicyclic) bond motifs is 1. The molecular formula is C12H12ClN3O2S. The van der Waals surface area contributed by atoms with Crippen LogP contribution in [0.5, 0.6) is 0 Å². The van der Waals surface area contributed by atoms with E-state index in [0.29, 0.717) is 11.8 Å². The average molecular weight is 298 g/mol. The van der Waals surface area contributed by atoms with Crippen molar-refractivity contribution in [2.75, 3.05) is 13.1 Å². The molecule has 1 aromatic carbocycles. The molecule has 2 N–H and O–H groups in total. The van der Waals surface area contributed by atoms with Crippen LogP contribution in [0.3, 0.4) is 0 Å². The average Bonchev–Trinajstić information content (AvgIpc) is 2.82. The number of nitrogens with zero attached hydrogens (tertiary/aromatic N) is 1. The largest absolute Gasteiger partial charge is 0.316 e. The smallest absolute Gasteiger partial charge is 0.240 e. The Labute approximate surface area is 116 Å². The Morgan fingerprint density at radius 1 is 1.37 bits per heavy atom. The second-order valence-corrected chi connectivity index (χ2v) is 7.01. The van der Waals surface area contributed by atoms with Gasteiger partial charge in [-0.15, -0.1) is 0 Å². The van der Waals surface area contributed by atoms with Gasteiger partial charge in [0, 0.05) is 6.04 Å². The lowest BCUT2D eigenvalue weighted by atomic mass is 10.2. The molecule has 19 heavy (non-hydrogen) atoms. The molecule has 0 aromatic heterocycles. The van der Waals surface area contributed by atoms with E-state index < -0.39 is 10.0 Å². The highest BCUT2D eigenvalue weighted by Crippen LogP contribution is 2.42. The molecule has 0 amide bonds. The molecule has 1 aromatic rings. The highest BCUT2D eigenvalue weighted by atomic mass is 35.5. The van der Waals surface area contributed by atoms with Gasteiger partial charge in [0.1, 0.15) is 6.07 Å². The molecular weight excluding hydrogens is 286 g/mol. The van der Waals surface area contributed by atoms with Gasteiger partial charge in [-0.05, 0) is 43.1 Å². The number of nitrogens with one attached hydrogen (secondary N) is 2. The van der Waals surface area contributed by atoms with E-state index >= 15 is 0 Å². The van der Waals surface area contributed by atoms with Crippen molar-refractivity contribution >= 4 is 21.6 Å². The third-order valence-corrected chi connectivity index (χ3v) is 5.52. The molecule has 2 unspecified atom stereocenters. The molecule has 0 spiro atoms. The van der Waals surface area contributed by atoms with Gasteiger partial charge >= 0.3 is 0 Å². The lowest BCUT2D eigenvalue weighted by Gasteiger charge is -2.09. The summed E-state index contributed by atoms with van der Waals surface area (Å²) >= 11 is 5.86. The molecule has 2 fully saturated rings. The molecule has 0 bridgehead atoms. The number of benzene rings is 1. The summed E-state index contributed by atoms with van der Waals surface area (Å²) in [4.78, 5) is 0.106. The summed E-state index contributed by atoms with van der Waals surface area (Å²) in [6, 6.07) is 6.08. The van der Waals surface area contributed by atoms with Crippen LogP contribution in [-0.2, 0) is 10.0 Å². The first-order valence-electron chi connectivity index (χ1n) is 5.95. The van der Waals surface area contributed by atoms with E-state index in [2.05, 4.69) is 10.0 Å². The van der Waals surface area contributed by atoms with E-state index in [-0.39, 0.29) is 21.5 Å². The van der Waals surface area contributed by atoms with Crippen LogP contribution in [0, 0.1) is 23.2 Å². The number of nitriles is 1. The van der Waals surface area contributed by atoms with Gasteiger partial charge < -0.3 is 5.32 Å². The first-order valence-corrected chi connectivity index (χ1v) is 7.82. The fourth-order valence-corrected chi connectivity index (χ4v) is 4.25. The van der Waals surface area contributed by atoms with E-state index in [1.165, 1.54) is 18.2 Å². The molecule has 1 aliphatic carbocycles. The molecule has 1 aliphatic heterocycles. The molecule has 1 heterocycles. The summed E-state index contributed by atoms with van der Waals surface area (Å²) in [6.07, 6.45) is 0. The zero-order valence-electron chi connectivity index (χ0n) is 9.93. The number of halogens is 1. The Bertz CT molecular complexity index is 658. The summed E-state index contributed by atoms with van der Waals surface area (Å²) in [6.45, 7) is 1.73. The summed E-state index contributed by atoms with van der Waals surface area (Å²) in [7, 11) is -3.56. The predicted octanol–water partition coefficient (Wildman–Crippen LogP) is 0.708. The minimum Gasteiger partial charge on any atom is -0.316 e. The van der Waals surface area contributed by atoms with Crippen molar-refractivity contribution < 1.29 is 8.42 Å². The third-order valence-electron chi connectivity index (χ3n) is 3.75. The van der Waals surface area contributed by atoms with Crippen molar-refractivity contribution in [1.29, 1.82) is 5.26 Å². The van der Waals surface area contributed by atoms with Gasteiger partial charge in [0.25, 0.3) is 0 Å². The van der Waals surface area contributed by atoms with Crippen molar-refractivity contribution in [3.8, 4) is 6.07 Å². The Morgan fingerprint density at radius 3 is 2.63 bits per heavy atom.